The Morgan fingerprint density at radius 2 is 1.92 bits per heavy atom. The summed E-state index contributed by atoms with van der Waals surface area (Å²) in [6, 6.07) is 9.69. The molecule has 0 radical (unpaired) electrons. The van der Waals surface area contributed by atoms with Gasteiger partial charge in [0.2, 0.25) is 0 Å². The van der Waals surface area contributed by atoms with E-state index in [9.17, 15) is 9.59 Å². The Balaban J connectivity index is 1.70. The average Bonchev–Trinajstić information content (AvgIpc) is 2.57. The van der Waals surface area contributed by atoms with Crippen molar-refractivity contribution in [1.29, 1.82) is 0 Å². The van der Waals surface area contributed by atoms with Crippen molar-refractivity contribution in [3.63, 3.8) is 0 Å². The lowest BCUT2D eigenvalue weighted by molar-refractivity contribution is -0.129. The summed E-state index contributed by atoms with van der Waals surface area (Å²) in [5.41, 5.74) is 1.60. The molecule has 1 amide bonds. The lowest BCUT2D eigenvalue weighted by Crippen LogP contribution is -2.51. The Morgan fingerprint density at radius 1 is 1.21 bits per heavy atom. The number of fused-ring (bicyclic) bond motifs is 1. The van der Waals surface area contributed by atoms with Gasteiger partial charge in [-0.3, -0.25) is 4.79 Å². The molecule has 1 aromatic rings. The highest BCUT2D eigenvalue weighted by molar-refractivity contribution is 5.89. The molecular weight excluding hydrogens is 302 g/mol. The molecule has 0 bridgehead atoms. The third kappa shape index (κ3) is 2.97. The number of carbonyl (C=O) groups is 2. The lowest BCUT2D eigenvalue weighted by Gasteiger charge is -2.49. The number of ketones is 1. The number of nitrogens with zero attached hydrogens (tertiary/aromatic N) is 1. The number of ether oxygens (including phenoxy) is 1. The van der Waals surface area contributed by atoms with E-state index >= 15 is 0 Å². The molecule has 1 aliphatic heterocycles. The first kappa shape index (κ1) is 16.7. The molecule has 3 rings (SSSR count). The van der Waals surface area contributed by atoms with Crippen molar-refractivity contribution in [3.8, 4) is 0 Å². The predicted molar refractivity (Wildman–Crippen MR) is 92.4 cm³/mol. The summed E-state index contributed by atoms with van der Waals surface area (Å²) in [6.07, 6.45) is 3.15. The van der Waals surface area contributed by atoms with Crippen LogP contribution in [-0.2, 0) is 16.1 Å². The third-order valence-corrected chi connectivity index (χ3v) is 5.44. The van der Waals surface area contributed by atoms with Gasteiger partial charge in [-0.15, -0.1) is 0 Å². The quantitative estimate of drug-likeness (QED) is 0.772. The van der Waals surface area contributed by atoms with Crippen LogP contribution in [0.4, 0.5) is 4.79 Å². The first-order valence-corrected chi connectivity index (χ1v) is 8.53. The van der Waals surface area contributed by atoms with E-state index < -0.39 is 5.41 Å². The second-order valence-corrected chi connectivity index (χ2v) is 7.65. The number of hydrogen-bond donors (Lipinski definition) is 0. The van der Waals surface area contributed by atoms with Gasteiger partial charge < -0.3 is 9.64 Å². The SMILES string of the molecule is CC12CCC(=O)C(C)(C)C1=CCN(C(=O)OCc1ccccc1)C2. The van der Waals surface area contributed by atoms with Crippen LogP contribution >= 0.6 is 0 Å². The number of Topliss-reactive ketones (excluding diaryl/α,β-unsaturated/α-hetero) is 1. The van der Waals surface area contributed by atoms with Crippen LogP contribution < -0.4 is 0 Å². The summed E-state index contributed by atoms with van der Waals surface area (Å²) in [5, 5.41) is 0. The van der Waals surface area contributed by atoms with Gasteiger partial charge in [0, 0.05) is 30.3 Å². The zero-order chi connectivity index (χ0) is 17.4. The van der Waals surface area contributed by atoms with Crippen molar-refractivity contribution < 1.29 is 14.3 Å². The van der Waals surface area contributed by atoms with Crippen molar-refractivity contribution in [2.45, 2.75) is 40.2 Å². The second kappa shape index (κ2) is 6.08. The van der Waals surface area contributed by atoms with Gasteiger partial charge in [-0.1, -0.05) is 48.9 Å². The Labute approximate surface area is 143 Å². The molecule has 2 aliphatic rings. The number of hydrogen-bond acceptors (Lipinski definition) is 3. The van der Waals surface area contributed by atoms with Gasteiger partial charge >= 0.3 is 6.09 Å². The maximum absolute atomic E-state index is 12.4. The fraction of sp³-hybridized carbons (Fsp3) is 0.500. The van der Waals surface area contributed by atoms with Crippen LogP contribution in [0.25, 0.3) is 0 Å². The number of benzene rings is 1. The molecule has 1 fully saturated rings. The van der Waals surface area contributed by atoms with E-state index in [-0.39, 0.29) is 18.1 Å². The van der Waals surface area contributed by atoms with Gasteiger partial charge in [0.25, 0.3) is 0 Å². The molecule has 4 heteroatoms. The largest absolute Gasteiger partial charge is 0.445 e. The molecule has 1 saturated carbocycles. The van der Waals surface area contributed by atoms with Crippen molar-refractivity contribution in [2.75, 3.05) is 13.1 Å². The average molecular weight is 327 g/mol. The van der Waals surface area contributed by atoms with Gasteiger partial charge in [-0.2, -0.15) is 0 Å². The molecular formula is C20H25NO3. The van der Waals surface area contributed by atoms with Crippen molar-refractivity contribution in [1.82, 2.24) is 4.90 Å². The van der Waals surface area contributed by atoms with E-state index in [2.05, 4.69) is 13.0 Å². The molecule has 0 saturated heterocycles. The molecule has 0 spiro atoms. The second-order valence-electron chi connectivity index (χ2n) is 7.65. The normalized spacial score (nSPS) is 25.7. The van der Waals surface area contributed by atoms with Crippen LogP contribution in [0.1, 0.15) is 39.2 Å². The maximum Gasteiger partial charge on any atom is 0.410 e. The first-order chi connectivity index (χ1) is 11.3. The van der Waals surface area contributed by atoms with Gasteiger partial charge in [-0.25, -0.2) is 4.79 Å². The summed E-state index contributed by atoms with van der Waals surface area (Å²) in [7, 11) is 0. The molecule has 1 atom stereocenters. The van der Waals surface area contributed by atoms with Crippen LogP contribution in [0.2, 0.25) is 0 Å². The van der Waals surface area contributed by atoms with Gasteiger partial charge in [-0.05, 0) is 25.8 Å². The van der Waals surface area contributed by atoms with E-state index in [4.69, 9.17) is 4.74 Å². The standard InChI is InChI=1S/C20H25NO3/c1-19(2)16-10-12-21(14-20(16,3)11-9-17(19)22)18(23)24-13-15-7-5-4-6-8-15/h4-8,10H,9,11-14H2,1-3H3. The number of rotatable bonds is 2. The summed E-state index contributed by atoms with van der Waals surface area (Å²) in [4.78, 5) is 26.4. The molecule has 24 heavy (non-hydrogen) atoms. The zero-order valence-corrected chi connectivity index (χ0v) is 14.7. The Bertz CT molecular complexity index is 677. The van der Waals surface area contributed by atoms with E-state index in [1.165, 1.54) is 5.57 Å². The Kier molecular flexibility index (Phi) is 4.24. The fourth-order valence-electron chi connectivity index (χ4n) is 4.04. The molecule has 1 aliphatic carbocycles. The molecule has 1 heterocycles. The highest BCUT2D eigenvalue weighted by Crippen LogP contribution is 2.50. The smallest absolute Gasteiger partial charge is 0.410 e. The van der Waals surface area contributed by atoms with E-state index in [1.807, 2.05) is 44.2 Å². The summed E-state index contributed by atoms with van der Waals surface area (Å²) in [5.74, 6) is 0.298. The molecule has 1 unspecified atom stereocenters. The fourth-order valence-corrected chi connectivity index (χ4v) is 4.04. The summed E-state index contributed by atoms with van der Waals surface area (Å²) >= 11 is 0. The molecule has 0 aromatic heterocycles. The molecule has 0 N–H and O–H groups in total. The third-order valence-electron chi connectivity index (χ3n) is 5.44. The maximum atomic E-state index is 12.4. The number of carbonyl (C=O) groups excluding carboxylic acids is 2. The summed E-state index contributed by atoms with van der Waals surface area (Å²) in [6.45, 7) is 7.57. The highest BCUT2D eigenvalue weighted by Gasteiger charge is 2.49. The number of amides is 1. The Morgan fingerprint density at radius 3 is 2.62 bits per heavy atom. The molecule has 1 aromatic carbocycles. The van der Waals surface area contributed by atoms with E-state index in [0.29, 0.717) is 25.3 Å². The van der Waals surface area contributed by atoms with Crippen LogP contribution in [0.5, 0.6) is 0 Å². The van der Waals surface area contributed by atoms with Crippen LogP contribution in [-0.4, -0.2) is 29.9 Å². The minimum absolute atomic E-state index is 0.137. The molecule has 4 nitrogen and oxygen atoms in total. The topological polar surface area (TPSA) is 46.6 Å². The minimum Gasteiger partial charge on any atom is -0.445 e. The van der Waals surface area contributed by atoms with Crippen molar-refractivity contribution in [2.24, 2.45) is 10.8 Å². The predicted octanol–water partition coefficient (Wildman–Crippen LogP) is 3.96. The Hall–Kier alpha value is -2.10. The van der Waals surface area contributed by atoms with E-state index in [1.54, 1.807) is 4.90 Å². The van der Waals surface area contributed by atoms with Gasteiger partial charge in [0.05, 0.1) is 0 Å². The van der Waals surface area contributed by atoms with Gasteiger partial charge in [0.15, 0.2) is 0 Å². The highest BCUT2D eigenvalue weighted by atomic mass is 16.6. The molecule has 128 valence electrons. The minimum atomic E-state index is -0.424. The van der Waals surface area contributed by atoms with Crippen LogP contribution in [0.3, 0.4) is 0 Å². The van der Waals surface area contributed by atoms with E-state index in [0.717, 1.165) is 12.0 Å². The first-order valence-electron chi connectivity index (χ1n) is 8.53. The van der Waals surface area contributed by atoms with Gasteiger partial charge in [0.1, 0.15) is 12.4 Å². The zero-order valence-electron chi connectivity index (χ0n) is 14.7. The van der Waals surface area contributed by atoms with Crippen molar-refractivity contribution in [3.05, 3.63) is 47.5 Å². The van der Waals surface area contributed by atoms with Crippen molar-refractivity contribution >= 4 is 11.9 Å². The summed E-state index contributed by atoms with van der Waals surface area (Å²) < 4.78 is 5.46. The van der Waals surface area contributed by atoms with Crippen LogP contribution in [0.15, 0.2) is 42.0 Å². The van der Waals surface area contributed by atoms with Crippen LogP contribution in [0, 0.1) is 10.8 Å². The monoisotopic (exact) mass is 327 g/mol. The lowest BCUT2D eigenvalue weighted by atomic mass is 9.58.